The third kappa shape index (κ3) is 3.06. The van der Waals surface area contributed by atoms with Crippen LogP contribution in [0.15, 0.2) is 46.9 Å². The van der Waals surface area contributed by atoms with E-state index < -0.39 is 11.7 Å². The molecule has 0 radical (unpaired) electrons. The molecule has 3 rings (SSSR count). The lowest BCUT2D eigenvalue weighted by Gasteiger charge is -2.07. The zero-order chi connectivity index (χ0) is 16.6. The zero-order valence-corrected chi connectivity index (χ0v) is 13.0. The van der Waals surface area contributed by atoms with Crippen molar-refractivity contribution in [3.63, 3.8) is 0 Å². The van der Waals surface area contributed by atoms with Gasteiger partial charge in [-0.1, -0.05) is 35.3 Å². The second-order valence-corrected chi connectivity index (χ2v) is 5.57. The van der Waals surface area contributed by atoms with Crippen LogP contribution in [0.2, 0.25) is 10.0 Å². The normalized spacial score (nSPS) is 10.7. The highest BCUT2D eigenvalue weighted by atomic mass is 35.5. The van der Waals surface area contributed by atoms with E-state index in [1.165, 1.54) is 30.3 Å². The van der Waals surface area contributed by atoms with Crippen molar-refractivity contribution < 1.29 is 13.6 Å². The van der Waals surface area contributed by atoms with E-state index in [2.05, 4.69) is 5.32 Å². The van der Waals surface area contributed by atoms with Gasteiger partial charge >= 0.3 is 0 Å². The standard InChI is InChI=1S/C16H9Cl2FN2O2/c17-9-5-8-6-10(15(20)23-14(8)11(18)7-9)16(22)21-13-4-2-1-3-12(13)19/h1-7,20H,(H,21,22). The molecule has 1 heterocycles. The maximum Gasteiger partial charge on any atom is 0.261 e. The van der Waals surface area contributed by atoms with E-state index >= 15 is 0 Å². The van der Waals surface area contributed by atoms with E-state index in [-0.39, 0.29) is 27.4 Å². The molecular weight excluding hydrogens is 342 g/mol. The van der Waals surface area contributed by atoms with Crippen LogP contribution in [0.1, 0.15) is 10.4 Å². The van der Waals surface area contributed by atoms with Gasteiger partial charge in [-0.3, -0.25) is 10.2 Å². The molecule has 23 heavy (non-hydrogen) atoms. The number of hydrogen-bond acceptors (Lipinski definition) is 3. The number of hydrogen-bond donors (Lipinski definition) is 2. The minimum absolute atomic E-state index is 0.0149. The smallest absolute Gasteiger partial charge is 0.261 e. The molecular formula is C16H9Cl2FN2O2. The Kier molecular flexibility index (Phi) is 4.07. The highest BCUT2D eigenvalue weighted by Crippen LogP contribution is 2.27. The predicted octanol–water partition coefficient (Wildman–Crippen LogP) is 4.61. The quantitative estimate of drug-likeness (QED) is 0.708. The van der Waals surface area contributed by atoms with Crippen molar-refractivity contribution in [3.8, 4) is 0 Å². The summed E-state index contributed by atoms with van der Waals surface area (Å²) in [6.07, 6.45) is 0. The Morgan fingerprint density at radius 2 is 1.91 bits per heavy atom. The maximum atomic E-state index is 13.6. The first-order valence-electron chi connectivity index (χ1n) is 6.49. The average Bonchev–Trinajstić information content (AvgIpc) is 2.49. The monoisotopic (exact) mass is 350 g/mol. The number of nitrogens with one attached hydrogen (secondary N) is 2. The second kappa shape index (κ2) is 6.02. The molecule has 0 spiro atoms. The molecule has 0 aliphatic carbocycles. The number of amides is 1. The number of para-hydroxylation sites is 1. The zero-order valence-electron chi connectivity index (χ0n) is 11.5. The molecule has 1 amide bonds. The van der Waals surface area contributed by atoms with Gasteiger partial charge in [0.1, 0.15) is 11.4 Å². The number of halogens is 3. The molecule has 0 unspecified atom stereocenters. The Morgan fingerprint density at radius 1 is 1.17 bits per heavy atom. The third-order valence-corrected chi connectivity index (χ3v) is 3.65. The molecule has 0 bridgehead atoms. The van der Waals surface area contributed by atoms with Gasteiger partial charge in [-0.2, -0.15) is 0 Å². The van der Waals surface area contributed by atoms with Gasteiger partial charge in [-0.15, -0.1) is 0 Å². The minimum atomic E-state index is -0.665. The van der Waals surface area contributed by atoms with Crippen LogP contribution < -0.4 is 10.9 Å². The summed E-state index contributed by atoms with van der Waals surface area (Å²) in [5, 5.41) is 11.3. The fourth-order valence-electron chi connectivity index (χ4n) is 2.09. The van der Waals surface area contributed by atoms with Crippen LogP contribution in [-0.4, -0.2) is 5.91 Å². The molecule has 0 fully saturated rings. The van der Waals surface area contributed by atoms with Gasteiger partial charge in [0.05, 0.1) is 10.7 Å². The fraction of sp³-hybridized carbons (Fsp3) is 0. The van der Waals surface area contributed by atoms with Crippen LogP contribution in [0.5, 0.6) is 0 Å². The average molecular weight is 351 g/mol. The Morgan fingerprint density at radius 3 is 2.65 bits per heavy atom. The van der Waals surface area contributed by atoms with Gasteiger partial charge in [-0.25, -0.2) is 4.39 Å². The van der Waals surface area contributed by atoms with Crippen molar-refractivity contribution in [1.29, 1.82) is 5.41 Å². The Hall–Kier alpha value is -2.37. The van der Waals surface area contributed by atoms with E-state index in [9.17, 15) is 9.18 Å². The lowest BCUT2D eigenvalue weighted by molar-refractivity contribution is 0.102. The summed E-state index contributed by atoms with van der Waals surface area (Å²) in [7, 11) is 0. The summed E-state index contributed by atoms with van der Waals surface area (Å²) in [6.45, 7) is 0. The van der Waals surface area contributed by atoms with Crippen molar-refractivity contribution in [2.24, 2.45) is 0 Å². The second-order valence-electron chi connectivity index (χ2n) is 4.73. The van der Waals surface area contributed by atoms with Gasteiger partial charge in [0.25, 0.3) is 5.91 Å². The molecule has 3 aromatic rings. The Balaban J connectivity index is 2.06. The number of fused-ring (bicyclic) bond motifs is 1. The van der Waals surface area contributed by atoms with Crippen LogP contribution >= 0.6 is 23.2 Å². The maximum absolute atomic E-state index is 13.6. The lowest BCUT2D eigenvalue weighted by Crippen LogP contribution is -2.21. The molecule has 4 nitrogen and oxygen atoms in total. The first-order valence-corrected chi connectivity index (χ1v) is 7.24. The molecule has 1 aromatic heterocycles. The van der Waals surface area contributed by atoms with Crippen molar-refractivity contribution >= 4 is 45.8 Å². The van der Waals surface area contributed by atoms with Gasteiger partial charge in [0.2, 0.25) is 5.55 Å². The summed E-state index contributed by atoms with van der Waals surface area (Å²) >= 11 is 11.9. The van der Waals surface area contributed by atoms with E-state index in [0.29, 0.717) is 10.4 Å². The molecule has 0 aliphatic heterocycles. The fourth-order valence-corrected chi connectivity index (χ4v) is 2.64. The Labute approximate surface area is 140 Å². The van der Waals surface area contributed by atoms with Gasteiger partial charge < -0.3 is 9.73 Å². The van der Waals surface area contributed by atoms with E-state index in [4.69, 9.17) is 33.0 Å². The SMILES string of the molecule is N=c1oc2c(Cl)cc(Cl)cc2cc1C(=O)Nc1ccccc1F. The van der Waals surface area contributed by atoms with E-state index in [0.717, 1.165) is 0 Å². The van der Waals surface area contributed by atoms with Crippen LogP contribution in [0, 0.1) is 11.2 Å². The topological polar surface area (TPSA) is 66.1 Å². The number of benzene rings is 2. The molecule has 0 aliphatic rings. The van der Waals surface area contributed by atoms with Crippen molar-refractivity contribution in [2.45, 2.75) is 0 Å². The molecule has 0 saturated heterocycles. The van der Waals surface area contributed by atoms with E-state index in [1.807, 2.05) is 0 Å². The minimum Gasteiger partial charge on any atom is -0.437 e. The highest BCUT2D eigenvalue weighted by Gasteiger charge is 2.15. The van der Waals surface area contributed by atoms with Crippen LogP contribution in [0.3, 0.4) is 0 Å². The first kappa shape index (κ1) is 15.5. The van der Waals surface area contributed by atoms with Gasteiger partial charge in [-0.05, 0) is 30.3 Å². The van der Waals surface area contributed by atoms with Crippen LogP contribution in [-0.2, 0) is 0 Å². The predicted molar refractivity (Wildman–Crippen MR) is 86.4 cm³/mol. The highest BCUT2D eigenvalue weighted by molar-refractivity contribution is 6.38. The molecule has 2 N–H and O–H groups in total. The summed E-state index contributed by atoms with van der Waals surface area (Å²) in [5.74, 6) is -1.24. The summed E-state index contributed by atoms with van der Waals surface area (Å²) < 4.78 is 18.9. The summed E-state index contributed by atoms with van der Waals surface area (Å²) in [4.78, 5) is 12.3. The van der Waals surface area contributed by atoms with Crippen LogP contribution in [0.4, 0.5) is 10.1 Å². The third-order valence-electron chi connectivity index (χ3n) is 3.15. The van der Waals surface area contributed by atoms with Gasteiger partial charge in [0, 0.05) is 10.4 Å². The van der Waals surface area contributed by atoms with Crippen molar-refractivity contribution in [1.82, 2.24) is 0 Å². The molecule has 7 heteroatoms. The molecule has 116 valence electrons. The number of carbonyl (C=O) groups is 1. The Bertz CT molecular complexity index is 985. The number of rotatable bonds is 2. The van der Waals surface area contributed by atoms with Crippen LogP contribution in [0.25, 0.3) is 11.0 Å². The van der Waals surface area contributed by atoms with Crippen molar-refractivity contribution in [2.75, 3.05) is 5.32 Å². The largest absolute Gasteiger partial charge is 0.437 e. The van der Waals surface area contributed by atoms with Gasteiger partial charge in [0.15, 0.2) is 5.58 Å². The molecule has 0 atom stereocenters. The van der Waals surface area contributed by atoms with E-state index in [1.54, 1.807) is 12.1 Å². The number of anilines is 1. The molecule has 0 saturated carbocycles. The molecule has 2 aromatic carbocycles. The summed E-state index contributed by atoms with van der Waals surface area (Å²) in [5.41, 5.74) is -0.167. The van der Waals surface area contributed by atoms with Crippen molar-refractivity contribution in [3.05, 3.63) is 69.4 Å². The summed E-state index contributed by atoms with van der Waals surface area (Å²) in [6, 6.07) is 10.2. The lowest BCUT2D eigenvalue weighted by atomic mass is 10.1. The first-order chi connectivity index (χ1) is 11.0. The number of carbonyl (C=O) groups excluding carboxylic acids is 1.